The summed E-state index contributed by atoms with van der Waals surface area (Å²) in [5.74, 6) is 3.97. The summed E-state index contributed by atoms with van der Waals surface area (Å²) in [5.41, 5.74) is 2.73. The number of aryl methyl sites for hydroxylation is 2. The summed E-state index contributed by atoms with van der Waals surface area (Å²) in [6, 6.07) is 4.90. The number of sulfonamides is 1. The zero-order chi connectivity index (χ0) is 16.5. The summed E-state index contributed by atoms with van der Waals surface area (Å²) in [4.78, 5) is 11.4. The van der Waals surface area contributed by atoms with E-state index < -0.39 is 21.7 Å². The molecule has 0 fully saturated rings. The first kappa shape index (κ1) is 16.0. The van der Waals surface area contributed by atoms with Crippen LogP contribution in [-0.2, 0) is 17.1 Å². The minimum atomic E-state index is -3.91. The van der Waals surface area contributed by atoms with Crippen LogP contribution >= 0.6 is 0 Å². The lowest BCUT2D eigenvalue weighted by molar-refractivity contribution is 0.0945. The average Bonchev–Trinajstić information content (AvgIpc) is 2.84. The second-order valence-electron chi connectivity index (χ2n) is 4.71. The van der Waals surface area contributed by atoms with Gasteiger partial charge in [-0.3, -0.25) is 14.9 Å². The molecule has 1 amide bonds. The lowest BCUT2D eigenvalue weighted by Crippen LogP contribution is -2.31. The SMILES string of the molecule is Cc1cc(F)ccc1NS(=O)(=O)c1cc(C(=O)NN)n(C)c1. The van der Waals surface area contributed by atoms with Crippen LogP contribution in [0.4, 0.5) is 10.1 Å². The van der Waals surface area contributed by atoms with Gasteiger partial charge in [0.15, 0.2) is 0 Å². The molecular weight excluding hydrogens is 311 g/mol. The Morgan fingerprint density at radius 3 is 2.59 bits per heavy atom. The van der Waals surface area contributed by atoms with Gasteiger partial charge in [-0.05, 0) is 36.8 Å². The molecule has 1 heterocycles. The number of nitrogens with two attached hydrogens (primary N) is 1. The largest absolute Gasteiger partial charge is 0.345 e. The zero-order valence-electron chi connectivity index (χ0n) is 11.9. The molecule has 4 N–H and O–H groups in total. The van der Waals surface area contributed by atoms with Crippen molar-refractivity contribution in [2.45, 2.75) is 11.8 Å². The van der Waals surface area contributed by atoms with Gasteiger partial charge in [0.2, 0.25) is 0 Å². The zero-order valence-corrected chi connectivity index (χ0v) is 12.7. The number of benzene rings is 1. The normalized spacial score (nSPS) is 11.3. The fourth-order valence-electron chi connectivity index (χ4n) is 1.93. The van der Waals surface area contributed by atoms with Crippen molar-refractivity contribution in [3.63, 3.8) is 0 Å². The highest BCUT2D eigenvalue weighted by Gasteiger charge is 2.21. The number of aromatic nitrogens is 1. The van der Waals surface area contributed by atoms with E-state index in [1.165, 1.54) is 36.0 Å². The number of nitrogens with zero attached hydrogens (tertiary/aromatic N) is 1. The van der Waals surface area contributed by atoms with Crippen molar-refractivity contribution >= 4 is 21.6 Å². The van der Waals surface area contributed by atoms with Crippen molar-refractivity contribution in [2.24, 2.45) is 12.9 Å². The van der Waals surface area contributed by atoms with E-state index >= 15 is 0 Å². The van der Waals surface area contributed by atoms with Crippen LogP contribution in [0.2, 0.25) is 0 Å². The number of rotatable bonds is 4. The van der Waals surface area contributed by atoms with Crippen LogP contribution in [0.25, 0.3) is 0 Å². The van der Waals surface area contributed by atoms with Crippen LogP contribution in [0.1, 0.15) is 16.1 Å². The van der Waals surface area contributed by atoms with Gasteiger partial charge in [-0.15, -0.1) is 0 Å². The first-order valence-corrected chi connectivity index (χ1v) is 7.69. The van der Waals surface area contributed by atoms with Crippen molar-refractivity contribution in [1.82, 2.24) is 9.99 Å². The average molecular weight is 326 g/mol. The van der Waals surface area contributed by atoms with Gasteiger partial charge in [0, 0.05) is 13.2 Å². The summed E-state index contributed by atoms with van der Waals surface area (Å²) in [7, 11) is -2.39. The van der Waals surface area contributed by atoms with E-state index in [0.717, 1.165) is 6.07 Å². The number of nitrogens with one attached hydrogen (secondary N) is 2. The number of nitrogen functional groups attached to an aromatic ring is 1. The number of carbonyl (C=O) groups excluding carboxylic acids is 1. The van der Waals surface area contributed by atoms with E-state index in [0.29, 0.717) is 5.56 Å². The maximum Gasteiger partial charge on any atom is 0.281 e. The third kappa shape index (κ3) is 3.10. The van der Waals surface area contributed by atoms with Gasteiger partial charge in [-0.25, -0.2) is 18.7 Å². The predicted octanol–water partition coefficient (Wildman–Crippen LogP) is 0.877. The van der Waals surface area contributed by atoms with Gasteiger partial charge in [-0.2, -0.15) is 0 Å². The van der Waals surface area contributed by atoms with Gasteiger partial charge in [0.1, 0.15) is 16.4 Å². The summed E-state index contributed by atoms with van der Waals surface area (Å²) in [6.45, 7) is 1.58. The molecule has 0 saturated carbocycles. The molecule has 0 bridgehead atoms. The Labute approximate surface area is 127 Å². The number of halogens is 1. The van der Waals surface area contributed by atoms with Gasteiger partial charge in [-0.1, -0.05) is 0 Å². The molecular formula is C13H15FN4O3S. The summed E-state index contributed by atoms with van der Waals surface area (Å²) in [5, 5.41) is 0. The summed E-state index contributed by atoms with van der Waals surface area (Å²) < 4.78 is 41.4. The van der Waals surface area contributed by atoms with Crippen molar-refractivity contribution in [3.8, 4) is 0 Å². The minimum absolute atomic E-state index is 0.0960. The summed E-state index contributed by atoms with van der Waals surface area (Å²) in [6.07, 6.45) is 1.28. The molecule has 1 aromatic heterocycles. The Morgan fingerprint density at radius 1 is 1.32 bits per heavy atom. The van der Waals surface area contributed by atoms with Crippen molar-refractivity contribution in [3.05, 3.63) is 47.5 Å². The molecule has 9 heteroatoms. The van der Waals surface area contributed by atoms with Crippen molar-refractivity contribution in [2.75, 3.05) is 4.72 Å². The maximum atomic E-state index is 13.1. The van der Waals surface area contributed by atoms with Crippen molar-refractivity contribution in [1.29, 1.82) is 0 Å². The molecule has 0 aliphatic carbocycles. The Kier molecular flexibility index (Phi) is 4.20. The third-order valence-corrected chi connectivity index (χ3v) is 4.42. The second kappa shape index (κ2) is 5.78. The predicted molar refractivity (Wildman–Crippen MR) is 79.0 cm³/mol. The lowest BCUT2D eigenvalue weighted by atomic mass is 10.2. The van der Waals surface area contributed by atoms with Gasteiger partial charge >= 0.3 is 0 Å². The van der Waals surface area contributed by atoms with Gasteiger partial charge in [0.25, 0.3) is 15.9 Å². The Morgan fingerprint density at radius 2 is 2.00 bits per heavy atom. The Bertz CT molecular complexity index is 830. The number of carbonyl (C=O) groups is 1. The van der Waals surface area contributed by atoms with Gasteiger partial charge in [0.05, 0.1) is 5.69 Å². The van der Waals surface area contributed by atoms with Crippen LogP contribution in [0.15, 0.2) is 35.4 Å². The van der Waals surface area contributed by atoms with Crippen LogP contribution in [-0.4, -0.2) is 18.9 Å². The summed E-state index contributed by atoms with van der Waals surface area (Å²) >= 11 is 0. The molecule has 2 aromatic rings. The quantitative estimate of drug-likeness (QED) is 0.440. The van der Waals surface area contributed by atoms with E-state index in [4.69, 9.17) is 5.84 Å². The standard InChI is InChI=1S/C13H15FN4O3S/c1-8-5-9(14)3-4-11(8)17-22(20,21)10-6-12(13(19)16-15)18(2)7-10/h3-7,17H,15H2,1-2H3,(H,16,19). The highest BCUT2D eigenvalue weighted by molar-refractivity contribution is 7.92. The van der Waals surface area contributed by atoms with Crippen LogP contribution in [0.3, 0.4) is 0 Å². The van der Waals surface area contributed by atoms with E-state index in [-0.39, 0.29) is 16.3 Å². The molecule has 0 unspecified atom stereocenters. The maximum absolute atomic E-state index is 13.1. The Balaban J connectivity index is 2.37. The first-order chi connectivity index (χ1) is 10.2. The Hall–Kier alpha value is -2.39. The van der Waals surface area contributed by atoms with Gasteiger partial charge < -0.3 is 4.57 Å². The topological polar surface area (TPSA) is 106 Å². The minimum Gasteiger partial charge on any atom is -0.345 e. The molecule has 0 atom stereocenters. The van der Waals surface area contributed by atoms with E-state index in [1.54, 1.807) is 6.92 Å². The van der Waals surface area contributed by atoms with E-state index in [2.05, 4.69) is 4.72 Å². The van der Waals surface area contributed by atoms with E-state index in [1.807, 2.05) is 5.43 Å². The smallest absolute Gasteiger partial charge is 0.281 e. The van der Waals surface area contributed by atoms with Crippen LogP contribution in [0, 0.1) is 12.7 Å². The highest BCUT2D eigenvalue weighted by atomic mass is 32.2. The molecule has 0 spiro atoms. The first-order valence-electron chi connectivity index (χ1n) is 6.21. The van der Waals surface area contributed by atoms with Crippen LogP contribution in [0.5, 0.6) is 0 Å². The molecule has 0 aliphatic heterocycles. The molecule has 2 rings (SSSR count). The number of hydrogen-bond acceptors (Lipinski definition) is 4. The molecule has 0 aliphatic rings. The van der Waals surface area contributed by atoms with Crippen molar-refractivity contribution < 1.29 is 17.6 Å². The van der Waals surface area contributed by atoms with E-state index in [9.17, 15) is 17.6 Å². The number of anilines is 1. The molecule has 0 radical (unpaired) electrons. The molecule has 22 heavy (non-hydrogen) atoms. The molecule has 0 saturated heterocycles. The number of hydrogen-bond donors (Lipinski definition) is 3. The lowest BCUT2D eigenvalue weighted by Gasteiger charge is -2.09. The van der Waals surface area contributed by atoms with Crippen LogP contribution < -0.4 is 16.0 Å². The number of hydrazine groups is 1. The second-order valence-corrected chi connectivity index (χ2v) is 6.39. The highest BCUT2D eigenvalue weighted by Crippen LogP contribution is 2.21. The molecule has 118 valence electrons. The number of amides is 1. The molecule has 7 nitrogen and oxygen atoms in total. The molecule has 1 aromatic carbocycles. The third-order valence-electron chi connectivity index (χ3n) is 3.09. The fraction of sp³-hybridized carbons (Fsp3) is 0.154. The fourth-order valence-corrected chi connectivity index (χ4v) is 3.13. The monoisotopic (exact) mass is 326 g/mol.